The molecular weight excluding hydrogens is 245 g/mol. The van der Waals surface area contributed by atoms with Crippen LogP contribution in [0.2, 0.25) is 0 Å². The number of alkyl halides is 3. The molecule has 0 rings (SSSR count). The van der Waals surface area contributed by atoms with Crippen LogP contribution < -0.4 is 10.6 Å². The minimum atomic E-state index is -4.27. The maximum atomic E-state index is 11.8. The number of rotatable bonds is 8. The van der Waals surface area contributed by atoms with Crippen LogP contribution in [-0.2, 0) is 4.79 Å². The minimum absolute atomic E-state index is 0.00365. The summed E-state index contributed by atoms with van der Waals surface area (Å²) in [5, 5.41) is 4.74. The van der Waals surface area contributed by atoms with Gasteiger partial charge in [0.2, 0.25) is 5.91 Å². The van der Waals surface area contributed by atoms with E-state index in [2.05, 4.69) is 24.5 Å². The van der Waals surface area contributed by atoms with Crippen molar-refractivity contribution in [1.29, 1.82) is 0 Å². The number of amides is 1. The summed E-state index contributed by atoms with van der Waals surface area (Å²) in [6, 6.07) is 0.00365. The van der Waals surface area contributed by atoms with Crippen LogP contribution in [0.4, 0.5) is 13.2 Å². The molecule has 0 aliphatic carbocycles. The summed E-state index contributed by atoms with van der Waals surface area (Å²) in [4.78, 5) is 11.3. The van der Waals surface area contributed by atoms with E-state index in [0.29, 0.717) is 5.92 Å². The normalized spacial score (nSPS) is 13.7. The molecule has 0 bridgehead atoms. The summed E-state index contributed by atoms with van der Waals surface area (Å²) >= 11 is 0. The number of hydrogen-bond donors (Lipinski definition) is 2. The molecule has 0 aromatic heterocycles. The van der Waals surface area contributed by atoms with Gasteiger partial charge in [-0.15, -0.1) is 0 Å². The molecule has 0 radical (unpaired) electrons. The van der Waals surface area contributed by atoms with Gasteiger partial charge in [-0.25, -0.2) is 0 Å². The summed E-state index contributed by atoms with van der Waals surface area (Å²) in [7, 11) is 0. The fourth-order valence-electron chi connectivity index (χ4n) is 1.55. The maximum absolute atomic E-state index is 11.8. The average molecular weight is 268 g/mol. The van der Waals surface area contributed by atoms with Crippen molar-refractivity contribution in [3.05, 3.63) is 0 Å². The van der Waals surface area contributed by atoms with Gasteiger partial charge < -0.3 is 10.6 Å². The predicted molar refractivity (Wildman–Crippen MR) is 65.2 cm³/mol. The van der Waals surface area contributed by atoms with Crippen molar-refractivity contribution in [3.8, 4) is 0 Å². The van der Waals surface area contributed by atoms with Gasteiger partial charge in [0.15, 0.2) is 0 Å². The highest BCUT2D eigenvalue weighted by molar-refractivity contribution is 5.78. The fourth-order valence-corrected chi connectivity index (χ4v) is 1.55. The summed E-state index contributed by atoms with van der Waals surface area (Å²) < 4.78 is 35.4. The number of carbonyl (C=O) groups is 1. The Balaban J connectivity index is 3.61. The summed E-state index contributed by atoms with van der Waals surface area (Å²) in [5.74, 6) is 0.234. The summed E-state index contributed by atoms with van der Waals surface area (Å²) in [6.07, 6.45) is -1.33. The van der Waals surface area contributed by atoms with Crippen LogP contribution in [0.5, 0.6) is 0 Å². The van der Waals surface area contributed by atoms with Crippen LogP contribution in [-0.4, -0.2) is 31.2 Å². The van der Waals surface area contributed by atoms with Crippen LogP contribution >= 0.6 is 0 Å². The van der Waals surface area contributed by atoms with Gasteiger partial charge in [-0.05, 0) is 19.3 Å². The Bertz CT molecular complexity index is 242. The monoisotopic (exact) mass is 268 g/mol. The quantitative estimate of drug-likeness (QED) is 0.710. The van der Waals surface area contributed by atoms with Crippen LogP contribution in [0.1, 0.15) is 40.0 Å². The SMILES string of the molecule is CC(C)CCCC(C)NC(=O)CNCC(F)(F)F. The van der Waals surface area contributed by atoms with Gasteiger partial charge >= 0.3 is 6.18 Å². The summed E-state index contributed by atoms with van der Waals surface area (Å²) in [5.41, 5.74) is 0. The highest BCUT2D eigenvalue weighted by atomic mass is 19.4. The van der Waals surface area contributed by atoms with Gasteiger partial charge in [-0.2, -0.15) is 13.2 Å². The van der Waals surface area contributed by atoms with E-state index in [4.69, 9.17) is 0 Å². The van der Waals surface area contributed by atoms with Crippen molar-refractivity contribution < 1.29 is 18.0 Å². The third kappa shape index (κ3) is 11.7. The van der Waals surface area contributed by atoms with Crippen LogP contribution in [0.25, 0.3) is 0 Å². The number of hydrogen-bond acceptors (Lipinski definition) is 2. The number of nitrogens with one attached hydrogen (secondary N) is 2. The zero-order chi connectivity index (χ0) is 14.2. The molecule has 108 valence electrons. The lowest BCUT2D eigenvalue weighted by Gasteiger charge is -2.15. The second-order valence-electron chi connectivity index (χ2n) is 5.01. The lowest BCUT2D eigenvalue weighted by Crippen LogP contribution is -2.41. The topological polar surface area (TPSA) is 41.1 Å². The molecule has 6 heteroatoms. The molecule has 0 aliphatic rings. The van der Waals surface area contributed by atoms with Crippen molar-refractivity contribution in [1.82, 2.24) is 10.6 Å². The number of carbonyl (C=O) groups excluding carboxylic acids is 1. The highest BCUT2D eigenvalue weighted by Gasteiger charge is 2.26. The van der Waals surface area contributed by atoms with E-state index < -0.39 is 18.6 Å². The fraction of sp³-hybridized carbons (Fsp3) is 0.917. The molecule has 18 heavy (non-hydrogen) atoms. The van der Waals surface area contributed by atoms with E-state index in [9.17, 15) is 18.0 Å². The molecule has 1 unspecified atom stereocenters. The minimum Gasteiger partial charge on any atom is -0.353 e. The maximum Gasteiger partial charge on any atom is 0.401 e. The van der Waals surface area contributed by atoms with Crippen molar-refractivity contribution in [3.63, 3.8) is 0 Å². The first-order chi connectivity index (χ1) is 8.20. The molecule has 0 saturated carbocycles. The first-order valence-electron chi connectivity index (χ1n) is 6.27. The van der Waals surface area contributed by atoms with Crippen molar-refractivity contribution in [2.24, 2.45) is 5.92 Å². The van der Waals surface area contributed by atoms with Crippen molar-refractivity contribution >= 4 is 5.91 Å². The van der Waals surface area contributed by atoms with E-state index in [1.807, 2.05) is 6.92 Å². The highest BCUT2D eigenvalue weighted by Crippen LogP contribution is 2.11. The van der Waals surface area contributed by atoms with Gasteiger partial charge in [0.25, 0.3) is 0 Å². The van der Waals surface area contributed by atoms with Gasteiger partial charge in [0, 0.05) is 6.04 Å². The molecule has 0 saturated heterocycles. The van der Waals surface area contributed by atoms with Crippen molar-refractivity contribution in [2.45, 2.75) is 52.3 Å². The molecule has 0 aromatic carbocycles. The zero-order valence-corrected chi connectivity index (χ0v) is 11.2. The smallest absolute Gasteiger partial charge is 0.353 e. The van der Waals surface area contributed by atoms with Gasteiger partial charge in [-0.1, -0.05) is 26.7 Å². The third-order valence-corrected chi connectivity index (χ3v) is 2.44. The molecule has 0 fully saturated rings. The van der Waals surface area contributed by atoms with Crippen molar-refractivity contribution in [2.75, 3.05) is 13.1 Å². The predicted octanol–water partition coefficient (Wildman–Crippen LogP) is 2.47. The largest absolute Gasteiger partial charge is 0.401 e. The average Bonchev–Trinajstić information content (AvgIpc) is 2.14. The van der Waals surface area contributed by atoms with Gasteiger partial charge in [-0.3, -0.25) is 4.79 Å². The lowest BCUT2D eigenvalue weighted by molar-refractivity contribution is -0.128. The van der Waals surface area contributed by atoms with Gasteiger partial charge in [0.05, 0.1) is 13.1 Å². The molecular formula is C12H23F3N2O. The first kappa shape index (κ1) is 17.2. The summed E-state index contributed by atoms with van der Waals surface area (Å²) in [6.45, 7) is 4.69. The Kier molecular flexibility index (Phi) is 7.98. The lowest BCUT2D eigenvalue weighted by atomic mass is 10.0. The third-order valence-electron chi connectivity index (χ3n) is 2.44. The van der Waals surface area contributed by atoms with E-state index in [-0.39, 0.29) is 12.6 Å². The molecule has 0 aromatic rings. The van der Waals surface area contributed by atoms with E-state index >= 15 is 0 Å². The Labute approximate surface area is 107 Å². The second-order valence-corrected chi connectivity index (χ2v) is 5.01. The molecule has 0 aliphatic heterocycles. The molecule has 1 atom stereocenters. The standard InChI is InChI=1S/C12H23F3N2O/c1-9(2)5-4-6-10(3)17-11(18)7-16-8-12(13,14)15/h9-10,16H,4-8H2,1-3H3,(H,17,18). The van der Waals surface area contributed by atoms with Crippen LogP contribution in [0.3, 0.4) is 0 Å². The Morgan fingerprint density at radius 1 is 1.17 bits per heavy atom. The molecule has 2 N–H and O–H groups in total. The van der Waals surface area contributed by atoms with E-state index in [1.54, 1.807) is 0 Å². The zero-order valence-electron chi connectivity index (χ0n) is 11.2. The van der Waals surface area contributed by atoms with E-state index in [0.717, 1.165) is 19.3 Å². The Morgan fingerprint density at radius 2 is 1.78 bits per heavy atom. The first-order valence-corrected chi connectivity index (χ1v) is 6.27. The van der Waals surface area contributed by atoms with Crippen LogP contribution in [0.15, 0.2) is 0 Å². The second kappa shape index (κ2) is 8.34. The number of halogens is 3. The van der Waals surface area contributed by atoms with Crippen LogP contribution in [0, 0.1) is 5.92 Å². The molecule has 3 nitrogen and oxygen atoms in total. The van der Waals surface area contributed by atoms with E-state index in [1.165, 1.54) is 0 Å². The molecule has 0 spiro atoms. The van der Waals surface area contributed by atoms with Gasteiger partial charge in [0.1, 0.15) is 0 Å². The molecule has 1 amide bonds. The molecule has 0 heterocycles. The Hall–Kier alpha value is -0.780. The Morgan fingerprint density at radius 3 is 2.28 bits per heavy atom.